The normalized spacial score (nSPS) is 11.5. The Hall–Kier alpha value is -3.41. The van der Waals surface area contributed by atoms with Gasteiger partial charge in [-0.05, 0) is 47.5 Å². The lowest BCUT2D eigenvalue weighted by atomic mass is 10.1. The maximum Gasteiger partial charge on any atom is 0.275 e. The standard InChI is InChI=1S/C20H17FN2O3/c1-2-17(15-11-14(21)7-8-18(15)24)22-23-20(26)16-9-12-5-3-4-6-13(12)10-19(16)25/h3-11,24-25H,2H2,1H3,(H,23,26)/b22-17+. The molecule has 132 valence electrons. The summed E-state index contributed by atoms with van der Waals surface area (Å²) >= 11 is 0. The molecular formula is C20H17FN2O3. The highest BCUT2D eigenvalue weighted by atomic mass is 19.1. The number of amides is 1. The lowest BCUT2D eigenvalue weighted by Crippen LogP contribution is -2.20. The van der Waals surface area contributed by atoms with Gasteiger partial charge in [-0.1, -0.05) is 31.2 Å². The van der Waals surface area contributed by atoms with Gasteiger partial charge in [-0.15, -0.1) is 0 Å². The van der Waals surface area contributed by atoms with E-state index in [9.17, 15) is 19.4 Å². The predicted octanol–water partition coefficient (Wildman–Crippen LogP) is 3.93. The van der Waals surface area contributed by atoms with E-state index < -0.39 is 11.7 Å². The molecule has 0 aliphatic heterocycles. The van der Waals surface area contributed by atoms with Crippen molar-refractivity contribution in [2.45, 2.75) is 13.3 Å². The lowest BCUT2D eigenvalue weighted by Gasteiger charge is -2.09. The van der Waals surface area contributed by atoms with Gasteiger partial charge in [0.2, 0.25) is 0 Å². The van der Waals surface area contributed by atoms with Crippen LogP contribution in [0, 0.1) is 5.82 Å². The fraction of sp³-hybridized carbons (Fsp3) is 0.100. The summed E-state index contributed by atoms with van der Waals surface area (Å²) in [7, 11) is 0. The maximum atomic E-state index is 13.4. The van der Waals surface area contributed by atoms with Crippen LogP contribution in [0.5, 0.6) is 11.5 Å². The number of phenolic OH excluding ortho intramolecular Hbond substituents is 2. The van der Waals surface area contributed by atoms with Gasteiger partial charge >= 0.3 is 0 Å². The molecule has 0 aromatic heterocycles. The molecule has 0 spiro atoms. The lowest BCUT2D eigenvalue weighted by molar-refractivity contribution is 0.0952. The number of hydrazone groups is 1. The van der Waals surface area contributed by atoms with Crippen LogP contribution in [0.3, 0.4) is 0 Å². The number of phenols is 2. The monoisotopic (exact) mass is 352 g/mol. The third-order valence-electron chi connectivity index (χ3n) is 4.01. The average molecular weight is 352 g/mol. The van der Waals surface area contributed by atoms with Crippen LogP contribution in [0.4, 0.5) is 4.39 Å². The molecule has 0 bridgehead atoms. The minimum absolute atomic E-state index is 0.0753. The van der Waals surface area contributed by atoms with Gasteiger partial charge in [0.05, 0.1) is 11.3 Å². The second-order valence-corrected chi connectivity index (χ2v) is 5.73. The fourth-order valence-electron chi connectivity index (χ4n) is 2.66. The third kappa shape index (κ3) is 3.49. The van der Waals surface area contributed by atoms with Crippen LogP contribution in [0.1, 0.15) is 29.3 Å². The van der Waals surface area contributed by atoms with Crippen LogP contribution in [-0.4, -0.2) is 21.8 Å². The highest BCUT2D eigenvalue weighted by molar-refractivity contribution is 6.05. The number of carbonyl (C=O) groups is 1. The number of hydrogen-bond acceptors (Lipinski definition) is 4. The minimum Gasteiger partial charge on any atom is -0.507 e. The van der Waals surface area contributed by atoms with E-state index in [1.807, 2.05) is 24.3 Å². The summed E-state index contributed by atoms with van der Waals surface area (Å²) in [5.74, 6) is -1.41. The Morgan fingerprint density at radius 3 is 2.38 bits per heavy atom. The molecule has 3 rings (SSSR count). The second-order valence-electron chi connectivity index (χ2n) is 5.73. The summed E-state index contributed by atoms with van der Waals surface area (Å²) in [5, 5.41) is 25.6. The molecule has 0 aliphatic rings. The first-order valence-corrected chi connectivity index (χ1v) is 8.07. The highest BCUT2D eigenvalue weighted by Gasteiger charge is 2.14. The van der Waals surface area contributed by atoms with E-state index in [2.05, 4.69) is 10.5 Å². The number of nitrogens with zero attached hydrogens (tertiary/aromatic N) is 1. The van der Waals surface area contributed by atoms with Gasteiger partial charge in [0.15, 0.2) is 0 Å². The number of benzene rings is 3. The molecule has 0 radical (unpaired) electrons. The molecule has 3 aromatic carbocycles. The van der Waals surface area contributed by atoms with Gasteiger partial charge in [-0.2, -0.15) is 5.10 Å². The summed E-state index contributed by atoms with van der Waals surface area (Å²) in [6.07, 6.45) is 0.362. The second kappa shape index (κ2) is 7.23. The van der Waals surface area contributed by atoms with E-state index in [-0.39, 0.29) is 22.6 Å². The maximum absolute atomic E-state index is 13.4. The Kier molecular flexibility index (Phi) is 4.84. The molecule has 26 heavy (non-hydrogen) atoms. The average Bonchev–Trinajstić information content (AvgIpc) is 2.64. The molecule has 0 saturated heterocycles. The molecule has 3 aromatic rings. The van der Waals surface area contributed by atoms with Gasteiger partial charge in [0.25, 0.3) is 5.91 Å². The molecule has 0 atom stereocenters. The van der Waals surface area contributed by atoms with Crippen LogP contribution >= 0.6 is 0 Å². The molecule has 6 heteroatoms. The van der Waals surface area contributed by atoms with Crippen molar-refractivity contribution in [1.29, 1.82) is 0 Å². The zero-order chi connectivity index (χ0) is 18.7. The van der Waals surface area contributed by atoms with Crippen molar-refractivity contribution in [3.63, 3.8) is 0 Å². The third-order valence-corrected chi connectivity index (χ3v) is 4.01. The van der Waals surface area contributed by atoms with Gasteiger partial charge in [-0.3, -0.25) is 4.79 Å². The molecule has 0 fully saturated rings. The Bertz CT molecular complexity index is 1020. The number of hydrogen-bond donors (Lipinski definition) is 3. The quantitative estimate of drug-likeness (QED) is 0.491. The van der Waals surface area contributed by atoms with E-state index in [0.717, 1.165) is 22.9 Å². The number of fused-ring (bicyclic) bond motifs is 1. The van der Waals surface area contributed by atoms with Gasteiger partial charge in [-0.25, -0.2) is 9.82 Å². The summed E-state index contributed by atoms with van der Waals surface area (Å²) in [5.41, 5.74) is 2.95. The van der Waals surface area contributed by atoms with Crippen molar-refractivity contribution >= 4 is 22.4 Å². The Morgan fingerprint density at radius 1 is 1.00 bits per heavy atom. The number of nitrogens with one attached hydrogen (secondary N) is 1. The largest absolute Gasteiger partial charge is 0.507 e. The van der Waals surface area contributed by atoms with Crippen molar-refractivity contribution in [3.8, 4) is 11.5 Å². The number of aromatic hydroxyl groups is 2. The molecule has 0 saturated carbocycles. The first kappa shape index (κ1) is 17.4. The van der Waals surface area contributed by atoms with E-state index >= 15 is 0 Å². The molecular weight excluding hydrogens is 335 g/mol. The van der Waals surface area contributed by atoms with E-state index in [1.54, 1.807) is 13.0 Å². The molecule has 5 nitrogen and oxygen atoms in total. The van der Waals surface area contributed by atoms with Gasteiger partial charge in [0, 0.05) is 5.56 Å². The zero-order valence-corrected chi connectivity index (χ0v) is 14.0. The van der Waals surface area contributed by atoms with Crippen molar-refractivity contribution < 1.29 is 19.4 Å². The van der Waals surface area contributed by atoms with Gasteiger partial charge < -0.3 is 10.2 Å². The molecule has 0 heterocycles. The first-order valence-electron chi connectivity index (χ1n) is 8.07. The van der Waals surface area contributed by atoms with Crippen LogP contribution in [0.25, 0.3) is 10.8 Å². The Labute approximate surface area is 149 Å². The molecule has 0 unspecified atom stereocenters. The topological polar surface area (TPSA) is 81.9 Å². The van der Waals surface area contributed by atoms with Crippen molar-refractivity contribution in [2.75, 3.05) is 0 Å². The fourth-order valence-corrected chi connectivity index (χ4v) is 2.66. The number of carbonyl (C=O) groups excluding carboxylic acids is 1. The van der Waals surface area contributed by atoms with Crippen LogP contribution in [-0.2, 0) is 0 Å². The molecule has 1 amide bonds. The Balaban J connectivity index is 1.90. The van der Waals surface area contributed by atoms with Gasteiger partial charge in [0.1, 0.15) is 17.3 Å². The van der Waals surface area contributed by atoms with Crippen molar-refractivity contribution in [1.82, 2.24) is 5.43 Å². The first-order chi connectivity index (χ1) is 12.5. The SMILES string of the molecule is CC/C(=N\NC(=O)c1cc2ccccc2cc1O)c1cc(F)ccc1O. The van der Waals surface area contributed by atoms with Crippen LogP contribution in [0.2, 0.25) is 0 Å². The van der Waals surface area contributed by atoms with E-state index in [4.69, 9.17) is 0 Å². The smallest absolute Gasteiger partial charge is 0.275 e. The molecule has 3 N–H and O–H groups in total. The van der Waals surface area contributed by atoms with E-state index in [0.29, 0.717) is 12.1 Å². The van der Waals surface area contributed by atoms with Crippen LogP contribution in [0.15, 0.2) is 59.7 Å². The molecule has 0 aliphatic carbocycles. The summed E-state index contributed by atoms with van der Waals surface area (Å²) < 4.78 is 13.4. The summed E-state index contributed by atoms with van der Waals surface area (Å²) in [6.45, 7) is 1.77. The van der Waals surface area contributed by atoms with E-state index in [1.165, 1.54) is 12.1 Å². The van der Waals surface area contributed by atoms with Crippen molar-refractivity contribution in [2.24, 2.45) is 5.10 Å². The van der Waals surface area contributed by atoms with Crippen LogP contribution < -0.4 is 5.43 Å². The Morgan fingerprint density at radius 2 is 1.69 bits per heavy atom. The summed E-state index contributed by atoms with van der Waals surface area (Å²) in [6, 6.07) is 13.9. The number of halogens is 1. The van der Waals surface area contributed by atoms with Crippen molar-refractivity contribution in [3.05, 3.63) is 71.5 Å². The zero-order valence-electron chi connectivity index (χ0n) is 14.0. The highest BCUT2D eigenvalue weighted by Crippen LogP contribution is 2.25. The summed E-state index contributed by atoms with van der Waals surface area (Å²) in [4.78, 5) is 12.4. The minimum atomic E-state index is -0.602. The predicted molar refractivity (Wildman–Crippen MR) is 98.0 cm³/mol. The number of rotatable bonds is 4.